The number of aromatic nitrogens is 1. The number of nitrogens with one attached hydrogen (secondary N) is 1. The van der Waals surface area contributed by atoms with Gasteiger partial charge in [-0.1, -0.05) is 0 Å². The summed E-state index contributed by atoms with van der Waals surface area (Å²) < 4.78 is 1.82. The summed E-state index contributed by atoms with van der Waals surface area (Å²) in [4.78, 5) is 26.1. The topological polar surface area (TPSA) is 80.4 Å². The third kappa shape index (κ3) is 3.77. The molecule has 0 saturated carbocycles. The number of likely N-dealkylation sites (tertiary alicyclic amines) is 1. The van der Waals surface area contributed by atoms with Crippen molar-refractivity contribution < 1.29 is 9.59 Å². The van der Waals surface area contributed by atoms with Crippen molar-refractivity contribution in [3.8, 4) is 0 Å². The van der Waals surface area contributed by atoms with Crippen LogP contribution in [0.15, 0.2) is 12.3 Å². The highest BCUT2D eigenvalue weighted by Crippen LogP contribution is 2.16. The molecule has 116 valence electrons. The number of carbonyl (C=O) groups is 2. The summed E-state index contributed by atoms with van der Waals surface area (Å²) in [6.45, 7) is 5.60. The predicted octanol–water partition coefficient (Wildman–Crippen LogP) is 1.39. The molecule has 0 unspecified atom stereocenters. The summed E-state index contributed by atoms with van der Waals surface area (Å²) in [7, 11) is 0. The van der Waals surface area contributed by atoms with Crippen LogP contribution >= 0.6 is 0 Å². The maximum absolute atomic E-state index is 12.2. The van der Waals surface area contributed by atoms with Gasteiger partial charge < -0.3 is 20.5 Å². The Morgan fingerprint density at radius 3 is 2.57 bits per heavy atom. The maximum Gasteiger partial charge on any atom is 0.268 e. The zero-order chi connectivity index (χ0) is 15.4. The molecule has 0 bridgehead atoms. The first-order valence-electron chi connectivity index (χ1n) is 7.52. The van der Waals surface area contributed by atoms with Crippen LogP contribution in [-0.4, -0.2) is 40.9 Å². The van der Waals surface area contributed by atoms with Crippen LogP contribution in [0.5, 0.6) is 0 Å². The van der Waals surface area contributed by atoms with E-state index < -0.39 is 0 Å². The number of nitrogens with zero attached hydrogens (tertiary/aromatic N) is 2. The van der Waals surface area contributed by atoms with E-state index in [9.17, 15) is 9.59 Å². The Morgan fingerprint density at radius 1 is 1.29 bits per heavy atom. The monoisotopic (exact) mass is 292 g/mol. The molecular formula is C15H24N4O2. The van der Waals surface area contributed by atoms with Crippen LogP contribution in [0.1, 0.15) is 49.6 Å². The standard InChI is InChI=1S/C15H24N4O2/c1-11(2)19-10-12(16)8-13(19)15(21)17-9-14(20)18-6-4-3-5-7-18/h8,10-11H,3-7,9,16H2,1-2H3,(H,17,21). The molecule has 2 heterocycles. The fourth-order valence-corrected chi connectivity index (χ4v) is 2.61. The first-order chi connectivity index (χ1) is 9.99. The van der Waals surface area contributed by atoms with Gasteiger partial charge in [0.05, 0.1) is 12.2 Å². The number of anilines is 1. The van der Waals surface area contributed by atoms with Gasteiger partial charge in [0.1, 0.15) is 5.69 Å². The molecular weight excluding hydrogens is 268 g/mol. The Morgan fingerprint density at radius 2 is 1.95 bits per heavy atom. The molecule has 21 heavy (non-hydrogen) atoms. The zero-order valence-electron chi connectivity index (χ0n) is 12.8. The van der Waals surface area contributed by atoms with Crippen LogP contribution in [-0.2, 0) is 4.79 Å². The highest BCUT2D eigenvalue weighted by Gasteiger charge is 2.19. The number of piperidine rings is 1. The fourth-order valence-electron chi connectivity index (χ4n) is 2.61. The highest BCUT2D eigenvalue weighted by atomic mass is 16.2. The van der Waals surface area contributed by atoms with Gasteiger partial charge in [-0.05, 0) is 39.2 Å². The second kappa shape index (κ2) is 6.65. The maximum atomic E-state index is 12.2. The lowest BCUT2D eigenvalue weighted by Crippen LogP contribution is -2.42. The van der Waals surface area contributed by atoms with Crippen LogP contribution in [0.2, 0.25) is 0 Å². The summed E-state index contributed by atoms with van der Waals surface area (Å²) in [6.07, 6.45) is 5.02. The Bertz CT molecular complexity index is 516. The molecule has 1 saturated heterocycles. The third-order valence-electron chi connectivity index (χ3n) is 3.77. The van der Waals surface area contributed by atoms with Gasteiger partial charge in [0, 0.05) is 25.3 Å². The summed E-state index contributed by atoms with van der Waals surface area (Å²) in [5, 5.41) is 2.70. The minimum Gasteiger partial charge on any atom is -0.397 e. The quantitative estimate of drug-likeness (QED) is 0.880. The lowest BCUT2D eigenvalue weighted by molar-refractivity contribution is -0.130. The molecule has 1 aromatic heterocycles. The number of nitrogens with two attached hydrogens (primary N) is 1. The molecule has 3 N–H and O–H groups in total. The average molecular weight is 292 g/mol. The number of hydrogen-bond donors (Lipinski definition) is 2. The minimum absolute atomic E-state index is 0.0151. The van der Waals surface area contributed by atoms with Gasteiger partial charge in [0.2, 0.25) is 5.91 Å². The van der Waals surface area contributed by atoms with Crippen molar-refractivity contribution in [3.63, 3.8) is 0 Å². The molecule has 1 aliphatic heterocycles. The molecule has 6 heteroatoms. The van der Waals surface area contributed by atoms with Crippen LogP contribution in [0.3, 0.4) is 0 Å². The van der Waals surface area contributed by atoms with Crippen LogP contribution in [0, 0.1) is 0 Å². The summed E-state index contributed by atoms with van der Waals surface area (Å²) in [5.74, 6) is -0.274. The summed E-state index contributed by atoms with van der Waals surface area (Å²) >= 11 is 0. The van der Waals surface area contributed by atoms with Crippen molar-refractivity contribution in [1.82, 2.24) is 14.8 Å². The number of nitrogen functional groups attached to an aromatic ring is 1. The highest BCUT2D eigenvalue weighted by molar-refractivity contribution is 5.96. The van der Waals surface area contributed by atoms with E-state index in [-0.39, 0.29) is 24.4 Å². The summed E-state index contributed by atoms with van der Waals surface area (Å²) in [6, 6.07) is 1.78. The van der Waals surface area contributed by atoms with Crippen molar-refractivity contribution in [2.45, 2.75) is 39.2 Å². The van der Waals surface area contributed by atoms with E-state index in [0.717, 1.165) is 25.9 Å². The van der Waals surface area contributed by atoms with E-state index in [1.54, 1.807) is 12.3 Å². The van der Waals surface area contributed by atoms with Crippen molar-refractivity contribution in [3.05, 3.63) is 18.0 Å². The van der Waals surface area contributed by atoms with E-state index >= 15 is 0 Å². The second-order valence-electron chi connectivity index (χ2n) is 5.78. The van der Waals surface area contributed by atoms with Gasteiger partial charge in [-0.2, -0.15) is 0 Å². The number of rotatable bonds is 4. The van der Waals surface area contributed by atoms with Gasteiger partial charge in [0.15, 0.2) is 0 Å². The molecule has 1 fully saturated rings. The van der Waals surface area contributed by atoms with Crippen molar-refractivity contribution in [2.24, 2.45) is 0 Å². The second-order valence-corrected chi connectivity index (χ2v) is 5.78. The largest absolute Gasteiger partial charge is 0.397 e. The number of amides is 2. The Kier molecular flexibility index (Phi) is 4.88. The molecule has 6 nitrogen and oxygen atoms in total. The normalized spacial score (nSPS) is 15.3. The van der Waals surface area contributed by atoms with E-state index in [4.69, 9.17) is 5.73 Å². The van der Waals surface area contributed by atoms with Gasteiger partial charge in [0.25, 0.3) is 5.91 Å². The van der Waals surface area contributed by atoms with Crippen molar-refractivity contribution >= 4 is 17.5 Å². The van der Waals surface area contributed by atoms with E-state index in [0.29, 0.717) is 11.4 Å². The lowest BCUT2D eigenvalue weighted by atomic mass is 10.1. The zero-order valence-corrected chi connectivity index (χ0v) is 12.8. The fraction of sp³-hybridized carbons (Fsp3) is 0.600. The molecule has 2 rings (SSSR count). The van der Waals surface area contributed by atoms with Crippen molar-refractivity contribution in [1.29, 1.82) is 0 Å². The van der Waals surface area contributed by atoms with E-state index in [1.165, 1.54) is 6.42 Å². The Balaban J connectivity index is 1.94. The lowest BCUT2D eigenvalue weighted by Gasteiger charge is -2.26. The molecule has 0 atom stereocenters. The van der Waals surface area contributed by atoms with Crippen LogP contribution in [0.25, 0.3) is 0 Å². The van der Waals surface area contributed by atoms with E-state index in [1.807, 2.05) is 23.3 Å². The van der Waals surface area contributed by atoms with Crippen LogP contribution < -0.4 is 11.1 Å². The number of hydrogen-bond acceptors (Lipinski definition) is 3. The summed E-state index contributed by atoms with van der Waals surface area (Å²) in [5.41, 5.74) is 6.80. The molecule has 1 aromatic rings. The number of carbonyl (C=O) groups excluding carboxylic acids is 2. The molecule has 0 aromatic carbocycles. The first kappa shape index (κ1) is 15.4. The first-order valence-corrected chi connectivity index (χ1v) is 7.52. The SMILES string of the molecule is CC(C)n1cc(N)cc1C(=O)NCC(=O)N1CCCCC1. The average Bonchev–Trinajstić information content (AvgIpc) is 2.87. The molecule has 2 amide bonds. The molecule has 0 spiro atoms. The minimum atomic E-state index is -0.259. The van der Waals surface area contributed by atoms with Crippen molar-refractivity contribution in [2.75, 3.05) is 25.4 Å². The Labute approximate surface area is 125 Å². The van der Waals surface area contributed by atoms with Gasteiger partial charge in [-0.15, -0.1) is 0 Å². The molecule has 0 aliphatic carbocycles. The van der Waals surface area contributed by atoms with Gasteiger partial charge in [-0.25, -0.2) is 0 Å². The molecule has 1 aliphatic rings. The predicted molar refractivity (Wildman–Crippen MR) is 82.0 cm³/mol. The Hall–Kier alpha value is -1.98. The van der Waals surface area contributed by atoms with E-state index in [2.05, 4.69) is 5.32 Å². The van der Waals surface area contributed by atoms with Gasteiger partial charge in [-0.3, -0.25) is 9.59 Å². The van der Waals surface area contributed by atoms with Crippen LogP contribution in [0.4, 0.5) is 5.69 Å². The third-order valence-corrected chi connectivity index (χ3v) is 3.77. The van der Waals surface area contributed by atoms with Gasteiger partial charge >= 0.3 is 0 Å². The smallest absolute Gasteiger partial charge is 0.268 e. The molecule has 0 radical (unpaired) electrons.